The van der Waals surface area contributed by atoms with E-state index in [2.05, 4.69) is 65.8 Å². The molecule has 0 N–H and O–H groups in total. The fraction of sp³-hybridized carbons (Fsp3) is 0.684. The first-order valence-corrected chi connectivity index (χ1v) is 8.29. The molecular weight excluding hydrogens is 242 g/mol. The first-order valence-electron chi connectivity index (χ1n) is 8.29. The highest BCUT2D eigenvalue weighted by molar-refractivity contribution is 5.34. The monoisotopic (exact) mass is 274 g/mol. The molecule has 1 heteroatoms. The van der Waals surface area contributed by atoms with E-state index in [0.717, 1.165) is 0 Å². The normalized spacial score (nSPS) is 19.0. The molecule has 1 heterocycles. The van der Waals surface area contributed by atoms with Crippen molar-refractivity contribution in [1.29, 1.82) is 0 Å². The molecule has 1 fully saturated rings. The van der Waals surface area contributed by atoms with Gasteiger partial charge in [0.05, 0.1) is 19.1 Å². The van der Waals surface area contributed by atoms with Gasteiger partial charge in [-0.15, -0.1) is 0 Å². The molecule has 0 spiro atoms. The molecule has 20 heavy (non-hydrogen) atoms. The molecule has 1 aliphatic rings. The topological polar surface area (TPSA) is 0 Å². The third-order valence-electron chi connectivity index (χ3n) is 5.71. The lowest BCUT2D eigenvalue weighted by atomic mass is 9.82. The maximum atomic E-state index is 2.47. The number of quaternary nitrogens is 1. The zero-order valence-electron chi connectivity index (χ0n) is 14.2. The summed E-state index contributed by atoms with van der Waals surface area (Å²) in [7, 11) is 0. The van der Waals surface area contributed by atoms with Gasteiger partial charge in [0.15, 0.2) is 0 Å². The van der Waals surface area contributed by atoms with E-state index in [1.165, 1.54) is 36.0 Å². The van der Waals surface area contributed by atoms with Crippen LogP contribution < -0.4 is 0 Å². The minimum Gasteiger partial charge on any atom is -0.313 e. The van der Waals surface area contributed by atoms with E-state index < -0.39 is 0 Å². The van der Waals surface area contributed by atoms with E-state index in [9.17, 15) is 0 Å². The van der Waals surface area contributed by atoms with Gasteiger partial charge in [-0.1, -0.05) is 38.1 Å². The average molecular weight is 274 g/mol. The van der Waals surface area contributed by atoms with Gasteiger partial charge in [-0.2, -0.15) is 0 Å². The van der Waals surface area contributed by atoms with Gasteiger partial charge < -0.3 is 4.48 Å². The maximum Gasteiger partial charge on any atom is 0.120 e. The molecular formula is C19H32N+. The van der Waals surface area contributed by atoms with Crippen LogP contribution in [-0.4, -0.2) is 23.6 Å². The van der Waals surface area contributed by atoms with E-state index in [1.54, 1.807) is 5.56 Å². The summed E-state index contributed by atoms with van der Waals surface area (Å²) in [6.07, 6.45) is 2.76. The molecule has 0 radical (unpaired) electrons. The summed E-state index contributed by atoms with van der Waals surface area (Å²) in [5, 5.41) is 0. The van der Waals surface area contributed by atoms with Crippen LogP contribution >= 0.6 is 0 Å². The molecule has 0 atom stereocenters. The third kappa shape index (κ3) is 2.30. The van der Waals surface area contributed by atoms with Crippen molar-refractivity contribution in [2.75, 3.05) is 13.1 Å². The molecule has 1 aliphatic heterocycles. The Balaban J connectivity index is 2.54. The molecule has 1 nitrogen and oxygen atoms in total. The molecule has 1 saturated heterocycles. The first kappa shape index (κ1) is 15.6. The highest BCUT2D eigenvalue weighted by Gasteiger charge is 2.49. The highest BCUT2D eigenvalue weighted by Crippen LogP contribution is 2.43. The summed E-state index contributed by atoms with van der Waals surface area (Å²) in [6.45, 7) is 17.1. The smallest absolute Gasteiger partial charge is 0.120 e. The quantitative estimate of drug-likeness (QED) is 0.673. The number of rotatable bonds is 4. The molecule has 2 rings (SSSR count). The molecule has 0 amide bonds. The molecule has 1 aromatic carbocycles. The van der Waals surface area contributed by atoms with Gasteiger partial charge in [0.25, 0.3) is 0 Å². The second-order valence-electron chi connectivity index (χ2n) is 7.58. The van der Waals surface area contributed by atoms with Crippen molar-refractivity contribution in [3.8, 4) is 0 Å². The minimum atomic E-state index is 0.200. The molecule has 0 aliphatic carbocycles. The van der Waals surface area contributed by atoms with Crippen LogP contribution in [0.4, 0.5) is 0 Å². The minimum absolute atomic E-state index is 0.200. The van der Waals surface area contributed by atoms with E-state index in [4.69, 9.17) is 0 Å². The zero-order valence-corrected chi connectivity index (χ0v) is 14.2. The fourth-order valence-corrected chi connectivity index (χ4v) is 4.42. The fourth-order valence-electron chi connectivity index (χ4n) is 4.42. The first-order chi connectivity index (χ1) is 9.33. The van der Waals surface area contributed by atoms with Crippen LogP contribution in [0.25, 0.3) is 0 Å². The summed E-state index contributed by atoms with van der Waals surface area (Å²) >= 11 is 0. The van der Waals surface area contributed by atoms with Crippen LogP contribution in [0.5, 0.6) is 0 Å². The van der Waals surface area contributed by atoms with Gasteiger partial charge in [-0.25, -0.2) is 0 Å². The predicted molar refractivity (Wildman–Crippen MR) is 87.9 cm³/mol. The SMILES string of the molecule is CC(C)c1ccccc1C(C)(C)[N+]1(C(C)C)CCCC1. The third-order valence-corrected chi connectivity index (χ3v) is 5.71. The van der Waals surface area contributed by atoms with Crippen molar-refractivity contribution in [2.45, 2.75) is 71.9 Å². The van der Waals surface area contributed by atoms with Gasteiger partial charge in [0.1, 0.15) is 5.54 Å². The van der Waals surface area contributed by atoms with Crippen LogP contribution in [0.2, 0.25) is 0 Å². The van der Waals surface area contributed by atoms with Gasteiger partial charge in [0, 0.05) is 18.4 Å². The maximum absolute atomic E-state index is 2.47. The zero-order chi connectivity index (χ0) is 15.0. The van der Waals surface area contributed by atoms with Crippen LogP contribution in [0.1, 0.15) is 71.4 Å². The second-order valence-corrected chi connectivity index (χ2v) is 7.58. The number of likely N-dealkylation sites (tertiary alicyclic amines) is 1. The molecule has 0 bridgehead atoms. The Bertz CT molecular complexity index is 451. The molecule has 0 saturated carbocycles. The Morgan fingerprint density at radius 2 is 1.50 bits per heavy atom. The summed E-state index contributed by atoms with van der Waals surface area (Å²) in [5.74, 6) is 0.597. The molecule has 1 aromatic rings. The summed E-state index contributed by atoms with van der Waals surface area (Å²) < 4.78 is 1.25. The summed E-state index contributed by atoms with van der Waals surface area (Å²) in [6, 6.07) is 9.80. The number of hydrogen-bond acceptors (Lipinski definition) is 0. The van der Waals surface area contributed by atoms with Crippen LogP contribution in [-0.2, 0) is 5.54 Å². The van der Waals surface area contributed by atoms with Crippen LogP contribution in [0.15, 0.2) is 24.3 Å². The van der Waals surface area contributed by atoms with Crippen LogP contribution in [0, 0.1) is 0 Å². The van der Waals surface area contributed by atoms with Crippen molar-refractivity contribution < 1.29 is 4.48 Å². The Morgan fingerprint density at radius 3 is 2.00 bits per heavy atom. The van der Waals surface area contributed by atoms with E-state index >= 15 is 0 Å². The Kier molecular flexibility index (Phi) is 4.30. The summed E-state index contributed by atoms with van der Waals surface area (Å²) in [4.78, 5) is 0. The van der Waals surface area contributed by atoms with Gasteiger partial charge in [-0.3, -0.25) is 0 Å². The van der Waals surface area contributed by atoms with Gasteiger partial charge in [-0.05, 0) is 39.2 Å². The number of hydrogen-bond donors (Lipinski definition) is 0. The van der Waals surface area contributed by atoms with Crippen molar-refractivity contribution in [1.82, 2.24) is 0 Å². The Morgan fingerprint density at radius 1 is 0.950 bits per heavy atom. The van der Waals surface area contributed by atoms with E-state index in [-0.39, 0.29) is 5.54 Å². The van der Waals surface area contributed by atoms with Crippen LogP contribution in [0.3, 0.4) is 0 Å². The predicted octanol–water partition coefficient (Wildman–Crippen LogP) is 5.06. The summed E-state index contributed by atoms with van der Waals surface area (Å²) in [5.41, 5.74) is 3.29. The highest BCUT2D eigenvalue weighted by atomic mass is 15.4. The second kappa shape index (κ2) is 5.52. The molecule has 0 unspecified atom stereocenters. The Labute approximate surface area is 125 Å². The molecule has 0 aromatic heterocycles. The van der Waals surface area contributed by atoms with Gasteiger partial charge in [0.2, 0.25) is 0 Å². The lowest BCUT2D eigenvalue weighted by molar-refractivity contribution is -0.988. The van der Waals surface area contributed by atoms with Crippen molar-refractivity contribution in [3.05, 3.63) is 35.4 Å². The number of nitrogens with zero attached hydrogens (tertiary/aromatic N) is 1. The lowest BCUT2D eigenvalue weighted by Crippen LogP contribution is -2.61. The Hall–Kier alpha value is -0.820. The van der Waals surface area contributed by atoms with Crippen molar-refractivity contribution in [2.24, 2.45) is 0 Å². The van der Waals surface area contributed by atoms with E-state index in [1.807, 2.05) is 0 Å². The average Bonchev–Trinajstić information content (AvgIpc) is 2.89. The number of benzene rings is 1. The van der Waals surface area contributed by atoms with Gasteiger partial charge >= 0.3 is 0 Å². The van der Waals surface area contributed by atoms with Crippen molar-refractivity contribution >= 4 is 0 Å². The van der Waals surface area contributed by atoms with Crippen molar-refractivity contribution in [3.63, 3.8) is 0 Å². The van der Waals surface area contributed by atoms with E-state index in [0.29, 0.717) is 12.0 Å². The largest absolute Gasteiger partial charge is 0.313 e. The molecule has 112 valence electrons. The standard InChI is InChI=1S/C19H32N/c1-15(2)17-11-7-8-12-18(17)19(5,6)20(16(3)4)13-9-10-14-20/h7-8,11-12,15-16H,9-10,13-14H2,1-6H3/q+1. The lowest BCUT2D eigenvalue weighted by Gasteiger charge is -2.51.